The maximum absolute atomic E-state index is 11.5. The first-order valence-electron chi connectivity index (χ1n) is 4.80. The molecule has 0 fully saturated rings. The van der Waals surface area contributed by atoms with E-state index in [0.717, 1.165) is 17.8 Å². The molecular formula is C9H15N3OS. The van der Waals surface area contributed by atoms with Crippen LogP contribution in [-0.2, 0) is 11.2 Å². The number of nitrogens with zero attached hydrogens (tertiary/aromatic N) is 2. The van der Waals surface area contributed by atoms with E-state index in [-0.39, 0.29) is 11.8 Å². The third-order valence-corrected chi connectivity index (χ3v) is 3.04. The minimum atomic E-state index is 0.0197. The Kier molecular flexibility index (Phi) is 4.00. The van der Waals surface area contributed by atoms with Gasteiger partial charge in [-0.1, -0.05) is 32.1 Å². The Morgan fingerprint density at radius 2 is 2.21 bits per heavy atom. The van der Waals surface area contributed by atoms with Crippen LogP contribution in [0.4, 0.5) is 5.13 Å². The minimum Gasteiger partial charge on any atom is -0.300 e. The SMILES string of the molecule is CCc1nnc(NC(=O)[C@@H](C)CC)s1. The molecule has 0 aliphatic carbocycles. The molecule has 0 unspecified atom stereocenters. The summed E-state index contributed by atoms with van der Waals surface area (Å²) in [5.74, 6) is 0.0512. The van der Waals surface area contributed by atoms with Crippen LogP contribution >= 0.6 is 11.3 Å². The van der Waals surface area contributed by atoms with Gasteiger partial charge in [-0.15, -0.1) is 10.2 Å². The summed E-state index contributed by atoms with van der Waals surface area (Å²) in [6.45, 7) is 5.90. The number of nitrogens with one attached hydrogen (secondary N) is 1. The Morgan fingerprint density at radius 3 is 2.71 bits per heavy atom. The molecule has 0 aromatic carbocycles. The van der Waals surface area contributed by atoms with Crippen LogP contribution in [-0.4, -0.2) is 16.1 Å². The number of hydrogen-bond acceptors (Lipinski definition) is 4. The van der Waals surface area contributed by atoms with Crippen molar-refractivity contribution in [1.82, 2.24) is 10.2 Å². The monoisotopic (exact) mass is 213 g/mol. The molecule has 14 heavy (non-hydrogen) atoms. The van der Waals surface area contributed by atoms with Crippen LogP contribution in [0.15, 0.2) is 0 Å². The fourth-order valence-electron chi connectivity index (χ4n) is 0.861. The van der Waals surface area contributed by atoms with Gasteiger partial charge in [-0.05, 0) is 12.8 Å². The van der Waals surface area contributed by atoms with Gasteiger partial charge in [0.1, 0.15) is 5.01 Å². The molecule has 1 aromatic rings. The van der Waals surface area contributed by atoms with E-state index in [2.05, 4.69) is 15.5 Å². The van der Waals surface area contributed by atoms with Crippen molar-refractivity contribution in [1.29, 1.82) is 0 Å². The van der Waals surface area contributed by atoms with Crippen LogP contribution in [0.3, 0.4) is 0 Å². The molecule has 0 aliphatic rings. The number of carbonyl (C=O) groups excluding carboxylic acids is 1. The van der Waals surface area contributed by atoms with E-state index in [1.54, 1.807) is 0 Å². The lowest BCUT2D eigenvalue weighted by atomic mass is 10.1. The van der Waals surface area contributed by atoms with E-state index in [1.165, 1.54) is 11.3 Å². The summed E-state index contributed by atoms with van der Waals surface area (Å²) in [5, 5.41) is 12.1. The highest BCUT2D eigenvalue weighted by Crippen LogP contribution is 2.16. The number of amides is 1. The van der Waals surface area contributed by atoms with Gasteiger partial charge >= 0.3 is 0 Å². The lowest BCUT2D eigenvalue weighted by molar-refractivity contribution is -0.119. The lowest BCUT2D eigenvalue weighted by Crippen LogP contribution is -2.19. The molecule has 0 saturated heterocycles. The number of aromatic nitrogens is 2. The average molecular weight is 213 g/mol. The maximum atomic E-state index is 11.5. The van der Waals surface area contributed by atoms with Gasteiger partial charge in [0.2, 0.25) is 11.0 Å². The average Bonchev–Trinajstić information content (AvgIpc) is 2.64. The molecule has 1 aromatic heterocycles. The highest BCUT2D eigenvalue weighted by Gasteiger charge is 2.12. The fraction of sp³-hybridized carbons (Fsp3) is 0.667. The summed E-state index contributed by atoms with van der Waals surface area (Å²) in [6.07, 6.45) is 1.70. The molecule has 0 saturated carbocycles. The summed E-state index contributed by atoms with van der Waals surface area (Å²) in [6, 6.07) is 0. The van der Waals surface area contributed by atoms with Crippen molar-refractivity contribution < 1.29 is 4.79 Å². The van der Waals surface area contributed by atoms with Crippen molar-refractivity contribution in [3.63, 3.8) is 0 Å². The van der Waals surface area contributed by atoms with Crippen LogP contribution in [0, 0.1) is 5.92 Å². The molecule has 1 rings (SSSR count). The van der Waals surface area contributed by atoms with Crippen LogP contribution in [0.25, 0.3) is 0 Å². The zero-order valence-electron chi connectivity index (χ0n) is 8.70. The van der Waals surface area contributed by atoms with E-state index < -0.39 is 0 Å². The third kappa shape index (κ3) is 2.77. The Bertz CT molecular complexity index is 311. The summed E-state index contributed by atoms with van der Waals surface area (Å²) in [5.41, 5.74) is 0. The van der Waals surface area contributed by atoms with Gasteiger partial charge in [0.15, 0.2) is 0 Å². The van der Waals surface area contributed by atoms with E-state index in [4.69, 9.17) is 0 Å². The predicted molar refractivity (Wildman–Crippen MR) is 57.4 cm³/mol. The molecule has 0 spiro atoms. The Balaban J connectivity index is 2.56. The van der Waals surface area contributed by atoms with Crippen LogP contribution in [0.5, 0.6) is 0 Å². The minimum absolute atomic E-state index is 0.0197. The molecule has 1 amide bonds. The normalized spacial score (nSPS) is 12.5. The fourth-order valence-corrected chi connectivity index (χ4v) is 1.54. The molecule has 78 valence electrons. The third-order valence-electron chi connectivity index (χ3n) is 2.06. The number of aryl methyl sites for hydroxylation is 1. The van der Waals surface area contributed by atoms with Crippen molar-refractivity contribution in [2.75, 3.05) is 5.32 Å². The first-order valence-corrected chi connectivity index (χ1v) is 5.62. The number of carbonyl (C=O) groups is 1. The van der Waals surface area contributed by atoms with E-state index in [9.17, 15) is 4.79 Å². The quantitative estimate of drug-likeness (QED) is 0.833. The summed E-state index contributed by atoms with van der Waals surface area (Å²) in [4.78, 5) is 11.5. The van der Waals surface area contributed by atoms with Crippen LogP contribution in [0.2, 0.25) is 0 Å². The largest absolute Gasteiger partial charge is 0.300 e. The second kappa shape index (κ2) is 5.05. The molecule has 0 radical (unpaired) electrons. The molecule has 0 aliphatic heterocycles. The van der Waals surface area contributed by atoms with Crippen molar-refractivity contribution in [2.45, 2.75) is 33.6 Å². The van der Waals surface area contributed by atoms with Crippen molar-refractivity contribution in [3.8, 4) is 0 Å². The van der Waals surface area contributed by atoms with E-state index in [1.807, 2.05) is 20.8 Å². The van der Waals surface area contributed by atoms with E-state index in [0.29, 0.717) is 5.13 Å². The molecule has 1 atom stereocenters. The second-order valence-electron chi connectivity index (χ2n) is 3.15. The smallest absolute Gasteiger partial charge is 0.229 e. The van der Waals surface area contributed by atoms with Gasteiger partial charge in [-0.2, -0.15) is 0 Å². The van der Waals surface area contributed by atoms with Gasteiger partial charge in [0, 0.05) is 5.92 Å². The summed E-state index contributed by atoms with van der Waals surface area (Å²) >= 11 is 1.43. The molecule has 5 heteroatoms. The second-order valence-corrected chi connectivity index (χ2v) is 4.22. The Hall–Kier alpha value is -0.970. The summed E-state index contributed by atoms with van der Waals surface area (Å²) < 4.78 is 0. The van der Waals surface area contributed by atoms with E-state index >= 15 is 0 Å². The Labute approximate surface area is 87.7 Å². The Morgan fingerprint density at radius 1 is 1.50 bits per heavy atom. The molecule has 1 N–H and O–H groups in total. The van der Waals surface area contributed by atoms with Gasteiger partial charge in [0.25, 0.3) is 0 Å². The molecule has 4 nitrogen and oxygen atoms in total. The highest BCUT2D eigenvalue weighted by molar-refractivity contribution is 7.15. The zero-order valence-corrected chi connectivity index (χ0v) is 9.52. The lowest BCUT2D eigenvalue weighted by Gasteiger charge is -2.05. The zero-order chi connectivity index (χ0) is 10.6. The van der Waals surface area contributed by atoms with Crippen molar-refractivity contribution in [2.24, 2.45) is 5.92 Å². The number of rotatable bonds is 4. The topological polar surface area (TPSA) is 54.9 Å². The molecular weight excluding hydrogens is 198 g/mol. The van der Waals surface area contributed by atoms with Crippen molar-refractivity contribution >= 4 is 22.4 Å². The molecule has 0 bridgehead atoms. The predicted octanol–water partition coefficient (Wildman–Crippen LogP) is 2.09. The number of hydrogen-bond donors (Lipinski definition) is 1. The standard InChI is InChI=1S/C9H15N3OS/c1-4-6(3)8(13)10-9-12-11-7(5-2)14-9/h6H,4-5H2,1-3H3,(H,10,12,13)/t6-/m0/s1. The summed E-state index contributed by atoms with van der Waals surface area (Å²) in [7, 11) is 0. The first kappa shape index (κ1) is 11.1. The first-order chi connectivity index (χ1) is 6.67. The molecule has 1 heterocycles. The maximum Gasteiger partial charge on any atom is 0.229 e. The van der Waals surface area contributed by atoms with Gasteiger partial charge in [-0.3, -0.25) is 4.79 Å². The van der Waals surface area contributed by atoms with Gasteiger partial charge in [-0.25, -0.2) is 0 Å². The number of anilines is 1. The highest BCUT2D eigenvalue weighted by atomic mass is 32.1. The van der Waals surface area contributed by atoms with Crippen molar-refractivity contribution in [3.05, 3.63) is 5.01 Å². The van der Waals surface area contributed by atoms with Crippen LogP contribution in [0.1, 0.15) is 32.2 Å². The van der Waals surface area contributed by atoms with Gasteiger partial charge < -0.3 is 5.32 Å². The van der Waals surface area contributed by atoms with Gasteiger partial charge in [0.05, 0.1) is 0 Å². The van der Waals surface area contributed by atoms with Crippen LogP contribution < -0.4 is 5.32 Å².